The van der Waals surface area contributed by atoms with Gasteiger partial charge in [0, 0.05) is 25.3 Å². The molecule has 27 heavy (non-hydrogen) atoms. The molecule has 0 spiro atoms. The number of H-pyrrole nitrogens is 1. The van der Waals surface area contributed by atoms with Crippen LogP contribution >= 0.6 is 0 Å². The number of alkyl carbamates (subject to hydrolysis) is 1. The monoisotopic (exact) mass is 373 g/mol. The molecular weight excluding hydrogens is 342 g/mol. The van der Waals surface area contributed by atoms with Crippen LogP contribution in [0.1, 0.15) is 59.3 Å². The lowest BCUT2D eigenvalue weighted by Gasteiger charge is -2.33. The average molecular weight is 374 g/mol. The number of hydrogen-bond donors (Lipinski definition) is 2. The molecule has 0 atom stereocenters. The molecule has 2 aromatic rings. The summed E-state index contributed by atoms with van der Waals surface area (Å²) in [5, 5.41) is 3.91. The molecule has 2 N–H and O–H groups in total. The molecule has 0 radical (unpaired) electrons. The Bertz CT molecular complexity index is 744. The molecule has 7 heteroatoms. The van der Waals surface area contributed by atoms with Gasteiger partial charge in [0.2, 0.25) is 0 Å². The van der Waals surface area contributed by atoms with Crippen LogP contribution in [-0.4, -0.2) is 45.8 Å². The predicted molar refractivity (Wildman–Crippen MR) is 107 cm³/mol. The van der Waals surface area contributed by atoms with Crippen molar-refractivity contribution >= 4 is 22.9 Å². The van der Waals surface area contributed by atoms with Crippen molar-refractivity contribution in [3.63, 3.8) is 0 Å². The quantitative estimate of drug-likeness (QED) is 0.774. The van der Waals surface area contributed by atoms with Gasteiger partial charge < -0.3 is 19.9 Å². The number of ether oxygens (including phenoxy) is 1. The van der Waals surface area contributed by atoms with Crippen molar-refractivity contribution in [1.82, 2.24) is 20.3 Å². The van der Waals surface area contributed by atoms with Crippen molar-refractivity contribution in [2.45, 2.75) is 70.9 Å². The molecule has 1 aliphatic rings. The fraction of sp³-hybridized carbons (Fsp3) is 0.650. The second-order valence-electron chi connectivity index (χ2n) is 8.20. The molecule has 0 bridgehead atoms. The molecular formula is C20H31N5O2. The first-order chi connectivity index (χ1) is 12.9. The van der Waals surface area contributed by atoms with Gasteiger partial charge in [-0.3, -0.25) is 0 Å². The first kappa shape index (κ1) is 19.5. The summed E-state index contributed by atoms with van der Waals surface area (Å²) < 4.78 is 5.35. The third kappa shape index (κ3) is 5.34. The largest absolute Gasteiger partial charge is 0.444 e. The van der Waals surface area contributed by atoms with Crippen molar-refractivity contribution in [2.24, 2.45) is 0 Å². The van der Waals surface area contributed by atoms with Crippen molar-refractivity contribution in [2.75, 3.05) is 18.0 Å². The van der Waals surface area contributed by atoms with Crippen LogP contribution in [0.2, 0.25) is 0 Å². The van der Waals surface area contributed by atoms with Crippen LogP contribution in [0.15, 0.2) is 18.6 Å². The van der Waals surface area contributed by atoms with Crippen LogP contribution < -0.4 is 10.2 Å². The van der Waals surface area contributed by atoms with Gasteiger partial charge in [0.05, 0.1) is 5.39 Å². The molecule has 0 aromatic carbocycles. The lowest BCUT2D eigenvalue weighted by atomic mass is 10.1. The summed E-state index contributed by atoms with van der Waals surface area (Å²) in [5.74, 6) is 0.944. The molecule has 3 rings (SSSR count). The van der Waals surface area contributed by atoms with Crippen LogP contribution in [0.5, 0.6) is 0 Å². The number of fused-ring (bicyclic) bond motifs is 1. The fourth-order valence-electron chi connectivity index (χ4n) is 3.71. The van der Waals surface area contributed by atoms with Crippen molar-refractivity contribution in [1.29, 1.82) is 0 Å². The number of carbonyl (C=O) groups excluding carboxylic acids is 1. The van der Waals surface area contributed by atoms with E-state index in [1.165, 1.54) is 25.7 Å². The Morgan fingerprint density at radius 1 is 1.26 bits per heavy atom. The fourth-order valence-corrected chi connectivity index (χ4v) is 3.71. The molecule has 0 aliphatic heterocycles. The summed E-state index contributed by atoms with van der Waals surface area (Å²) in [4.78, 5) is 26.4. The smallest absolute Gasteiger partial charge is 0.407 e. The molecule has 2 heterocycles. The Labute approximate surface area is 160 Å². The standard InChI is InChI=1S/C20H31N5O2/c1-20(2,3)27-19(26)22-12-13-25(15-8-6-4-5-7-9-15)18-16-10-11-21-17(16)23-14-24-18/h10-11,14-15H,4-9,12-13H2,1-3H3,(H,22,26)(H,21,23,24). The van der Waals surface area contributed by atoms with Crippen LogP contribution in [0.3, 0.4) is 0 Å². The van der Waals surface area contributed by atoms with Gasteiger partial charge >= 0.3 is 6.09 Å². The van der Waals surface area contributed by atoms with Gasteiger partial charge in [0.25, 0.3) is 0 Å². The highest BCUT2D eigenvalue weighted by Crippen LogP contribution is 2.29. The van der Waals surface area contributed by atoms with E-state index < -0.39 is 5.60 Å². The lowest BCUT2D eigenvalue weighted by Crippen LogP contribution is -2.42. The summed E-state index contributed by atoms with van der Waals surface area (Å²) >= 11 is 0. The summed E-state index contributed by atoms with van der Waals surface area (Å²) in [6, 6.07) is 2.45. The number of carbonyl (C=O) groups is 1. The average Bonchev–Trinajstić information content (AvgIpc) is 2.92. The molecule has 7 nitrogen and oxygen atoms in total. The van der Waals surface area contributed by atoms with Gasteiger partial charge in [-0.25, -0.2) is 14.8 Å². The topological polar surface area (TPSA) is 83.1 Å². The Balaban J connectivity index is 1.74. The van der Waals surface area contributed by atoms with Gasteiger partial charge in [-0.1, -0.05) is 25.7 Å². The number of hydrogen-bond acceptors (Lipinski definition) is 5. The van der Waals surface area contributed by atoms with E-state index in [1.54, 1.807) is 6.33 Å². The third-order valence-corrected chi connectivity index (χ3v) is 4.89. The van der Waals surface area contributed by atoms with Crippen LogP contribution in [0, 0.1) is 0 Å². The minimum Gasteiger partial charge on any atom is -0.444 e. The Morgan fingerprint density at radius 3 is 2.70 bits per heavy atom. The molecule has 1 aliphatic carbocycles. The molecule has 148 valence electrons. The highest BCUT2D eigenvalue weighted by Gasteiger charge is 2.24. The third-order valence-electron chi connectivity index (χ3n) is 4.89. The summed E-state index contributed by atoms with van der Waals surface area (Å²) in [6.07, 6.45) is 10.5. The van der Waals surface area contributed by atoms with Crippen molar-refractivity contribution in [3.05, 3.63) is 18.6 Å². The van der Waals surface area contributed by atoms with E-state index in [0.717, 1.165) is 29.7 Å². The minimum absolute atomic E-state index is 0.377. The highest BCUT2D eigenvalue weighted by atomic mass is 16.6. The molecule has 1 saturated carbocycles. The Morgan fingerprint density at radius 2 is 2.00 bits per heavy atom. The molecule has 1 amide bonds. The first-order valence-corrected chi connectivity index (χ1v) is 9.95. The number of nitrogens with one attached hydrogen (secondary N) is 2. The van der Waals surface area contributed by atoms with E-state index in [0.29, 0.717) is 19.1 Å². The van der Waals surface area contributed by atoms with E-state index in [1.807, 2.05) is 33.0 Å². The minimum atomic E-state index is -0.491. The second-order valence-corrected chi connectivity index (χ2v) is 8.20. The van der Waals surface area contributed by atoms with Crippen molar-refractivity contribution < 1.29 is 9.53 Å². The highest BCUT2D eigenvalue weighted by molar-refractivity contribution is 5.87. The zero-order valence-corrected chi connectivity index (χ0v) is 16.6. The number of rotatable bonds is 5. The summed E-state index contributed by atoms with van der Waals surface area (Å²) in [7, 11) is 0. The molecule has 0 unspecified atom stereocenters. The summed E-state index contributed by atoms with van der Waals surface area (Å²) in [6.45, 7) is 6.82. The lowest BCUT2D eigenvalue weighted by molar-refractivity contribution is 0.0529. The van der Waals surface area contributed by atoms with E-state index in [4.69, 9.17) is 4.74 Å². The van der Waals surface area contributed by atoms with E-state index in [-0.39, 0.29) is 6.09 Å². The van der Waals surface area contributed by atoms with Gasteiger partial charge in [-0.15, -0.1) is 0 Å². The first-order valence-electron chi connectivity index (χ1n) is 9.95. The van der Waals surface area contributed by atoms with Gasteiger partial charge in [0.15, 0.2) is 0 Å². The van der Waals surface area contributed by atoms with Crippen molar-refractivity contribution in [3.8, 4) is 0 Å². The predicted octanol–water partition coefficient (Wildman–Crippen LogP) is 4.01. The Hall–Kier alpha value is -2.31. The van der Waals surface area contributed by atoms with Gasteiger partial charge in [-0.2, -0.15) is 0 Å². The summed E-state index contributed by atoms with van der Waals surface area (Å²) in [5.41, 5.74) is 0.355. The van der Waals surface area contributed by atoms with Gasteiger partial charge in [-0.05, 0) is 39.7 Å². The zero-order valence-electron chi connectivity index (χ0n) is 16.6. The number of nitrogens with zero attached hydrogens (tertiary/aromatic N) is 3. The molecule has 0 saturated heterocycles. The SMILES string of the molecule is CC(C)(C)OC(=O)NCCN(c1ncnc2[nH]ccc12)C1CCCCCC1. The van der Waals surface area contributed by atoms with E-state index in [2.05, 4.69) is 25.2 Å². The molecule has 2 aromatic heterocycles. The van der Waals surface area contributed by atoms with Crippen LogP contribution in [0.4, 0.5) is 10.6 Å². The van der Waals surface area contributed by atoms with E-state index >= 15 is 0 Å². The zero-order chi connectivity index (χ0) is 19.3. The second kappa shape index (κ2) is 8.59. The van der Waals surface area contributed by atoms with Gasteiger partial charge in [0.1, 0.15) is 23.4 Å². The van der Waals surface area contributed by atoms with E-state index in [9.17, 15) is 4.79 Å². The maximum atomic E-state index is 12.0. The Kier molecular flexibility index (Phi) is 6.19. The number of anilines is 1. The van der Waals surface area contributed by atoms with Crippen LogP contribution in [-0.2, 0) is 4.74 Å². The maximum Gasteiger partial charge on any atom is 0.407 e. The maximum absolute atomic E-state index is 12.0. The normalized spacial score (nSPS) is 16.1. The van der Waals surface area contributed by atoms with Crippen LogP contribution in [0.25, 0.3) is 11.0 Å². The molecule has 1 fully saturated rings. The number of aromatic amines is 1. The number of amides is 1. The number of aromatic nitrogens is 3.